The van der Waals surface area contributed by atoms with Crippen molar-refractivity contribution in [2.75, 3.05) is 39.3 Å². The van der Waals surface area contributed by atoms with E-state index in [1.165, 1.54) is 12.8 Å². The molecule has 0 unspecified atom stereocenters. The zero-order chi connectivity index (χ0) is 14.1. The van der Waals surface area contributed by atoms with Gasteiger partial charge >= 0.3 is 11.9 Å². The highest BCUT2D eigenvalue weighted by atomic mass is 16.4. The molecule has 1 rings (SSSR count). The fourth-order valence-corrected chi connectivity index (χ4v) is 2.33. The predicted octanol–water partition coefficient (Wildman–Crippen LogP) is 0.724. The molecule has 0 aliphatic carbocycles. The second-order valence-corrected chi connectivity index (χ2v) is 5.03. The number of carbonyl (C=O) groups is 2. The van der Waals surface area contributed by atoms with Gasteiger partial charge in [0.25, 0.3) is 0 Å². The van der Waals surface area contributed by atoms with E-state index in [2.05, 4.69) is 9.80 Å². The van der Waals surface area contributed by atoms with Gasteiger partial charge in [-0.25, -0.2) is 0 Å². The third kappa shape index (κ3) is 7.79. The van der Waals surface area contributed by atoms with Crippen molar-refractivity contribution in [3.8, 4) is 0 Å². The second kappa shape index (κ2) is 8.87. The maximum absolute atomic E-state index is 10.6. The average molecular weight is 272 g/mol. The SMILES string of the molecule is O=C(O)CCCN(CCC(=O)O)CCN1CCCC1. The first-order valence-corrected chi connectivity index (χ1v) is 6.96. The van der Waals surface area contributed by atoms with Gasteiger partial charge in [0.1, 0.15) is 0 Å². The number of carboxylic acids is 2. The van der Waals surface area contributed by atoms with Gasteiger partial charge in [-0.2, -0.15) is 0 Å². The van der Waals surface area contributed by atoms with Crippen LogP contribution >= 0.6 is 0 Å². The molecule has 0 atom stereocenters. The third-order valence-electron chi connectivity index (χ3n) is 3.44. The molecule has 6 heteroatoms. The molecule has 1 fully saturated rings. The molecular formula is C13H24N2O4. The molecule has 0 aromatic rings. The molecule has 1 aliphatic heterocycles. The van der Waals surface area contributed by atoms with Gasteiger partial charge in [-0.1, -0.05) is 0 Å². The van der Waals surface area contributed by atoms with Crippen LogP contribution in [0.1, 0.15) is 32.1 Å². The summed E-state index contributed by atoms with van der Waals surface area (Å²) in [5.74, 6) is -1.60. The first-order valence-electron chi connectivity index (χ1n) is 6.96. The number of nitrogens with zero attached hydrogens (tertiary/aromatic N) is 2. The largest absolute Gasteiger partial charge is 0.481 e. The summed E-state index contributed by atoms with van der Waals surface area (Å²) in [7, 11) is 0. The summed E-state index contributed by atoms with van der Waals surface area (Å²) >= 11 is 0. The highest BCUT2D eigenvalue weighted by Gasteiger charge is 2.14. The van der Waals surface area contributed by atoms with Crippen LogP contribution in [0, 0.1) is 0 Å². The number of likely N-dealkylation sites (tertiary alicyclic amines) is 1. The Labute approximate surface area is 114 Å². The van der Waals surface area contributed by atoms with Crippen LogP contribution in [0.4, 0.5) is 0 Å². The van der Waals surface area contributed by atoms with Crippen LogP contribution in [0.5, 0.6) is 0 Å². The van der Waals surface area contributed by atoms with Crippen molar-refractivity contribution in [1.82, 2.24) is 9.80 Å². The molecular weight excluding hydrogens is 248 g/mol. The minimum absolute atomic E-state index is 0.118. The molecule has 1 aliphatic rings. The molecule has 0 aromatic carbocycles. The monoisotopic (exact) mass is 272 g/mol. The van der Waals surface area contributed by atoms with Crippen LogP contribution in [0.2, 0.25) is 0 Å². The first kappa shape index (κ1) is 15.9. The van der Waals surface area contributed by atoms with E-state index < -0.39 is 11.9 Å². The zero-order valence-corrected chi connectivity index (χ0v) is 11.4. The Morgan fingerprint density at radius 1 is 0.947 bits per heavy atom. The summed E-state index contributed by atoms with van der Waals surface area (Å²) in [6.07, 6.45) is 3.33. The Morgan fingerprint density at radius 2 is 1.58 bits per heavy atom. The van der Waals surface area contributed by atoms with Gasteiger partial charge < -0.3 is 20.0 Å². The van der Waals surface area contributed by atoms with Crippen LogP contribution in [-0.4, -0.2) is 71.2 Å². The highest BCUT2D eigenvalue weighted by Crippen LogP contribution is 2.07. The summed E-state index contributed by atoms with van der Waals surface area (Å²) in [5.41, 5.74) is 0. The van der Waals surface area contributed by atoms with Gasteiger partial charge in [0.05, 0.1) is 6.42 Å². The van der Waals surface area contributed by atoms with Gasteiger partial charge in [-0.15, -0.1) is 0 Å². The lowest BCUT2D eigenvalue weighted by Crippen LogP contribution is -2.35. The van der Waals surface area contributed by atoms with E-state index in [1.807, 2.05) is 0 Å². The van der Waals surface area contributed by atoms with Gasteiger partial charge in [-0.05, 0) is 38.9 Å². The van der Waals surface area contributed by atoms with E-state index >= 15 is 0 Å². The average Bonchev–Trinajstić information content (AvgIpc) is 2.84. The minimum Gasteiger partial charge on any atom is -0.481 e. The van der Waals surface area contributed by atoms with Crippen molar-refractivity contribution in [3.63, 3.8) is 0 Å². The number of aliphatic carboxylic acids is 2. The standard InChI is InChI=1S/C13H24N2O4/c16-12(17)4-3-8-15(9-5-13(18)19)11-10-14-6-1-2-7-14/h1-11H2,(H,16,17)(H,18,19). The lowest BCUT2D eigenvalue weighted by atomic mass is 10.2. The smallest absolute Gasteiger partial charge is 0.304 e. The molecule has 1 saturated heterocycles. The van der Waals surface area contributed by atoms with Crippen molar-refractivity contribution in [3.05, 3.63) is 0 Å². The van der Waals surface area contributed by atoms with Gasteiger partial charge in [-0.3, -0.25) is 9.59 Å². The maximum Gasteiger partial charge on any atom is 0.304 e. The van der Waals surface area contributed by atoms with Crippen LogP contribution in [0.3, 0.4) is 0 Å². The Morgan fingerprint density at radius 3 is 2.16 bits per heavy atom. The first-order chi connectivity index (χ1) is 9.08. The third-order valence-corrected chi connectivity index (χ3v) is 3.44. The number of carboxylic acid groups (broad SMARTS) is 2. The van der Waals surface area contributed by atoms with Crippen molar-refractivity contribution >= 4 is 11.9 Å². The van der Waals surface area contributed by atoms with Crippen molar-refractivity contribution in [1.29, 1.82) is 0 Å². The topological polar surface area (TPSA) is 81.1 Å². The Balaban J connectivity index is 2.25. The second-order valence-electron chi connectivity index (χ2n) is 5.03. The lowest BCUT2D eigenvalue weighted by Gasteiger charge is -2.24. The maximum atomic E-state index is 10.6. The molecule has 0 aromatic heterocycles. The van der Waals surface area contributed by atoms with Crippen molar-refractivity contribution in [2.24, 2.45) is 0 Å². The van der Waals surface area contributed by atoms with Crippen LogP contribution in [-0.2, 0) is 9.59 Å². The number of rotatable bonds is 10. The number of hydrogen-bond donors (Lipinski definition) is 2. The lowest BCUT2D eigenvalue weighted by molar-refractivity contribution is -0.138. The van der Waals surface area contributed by atoms with E-state index in [-0.39, 0.29) is 12.8 Å². The molecule has 0 spiro atoms. The molecule has 0 bridgehead atoms. The van der Waals surface area contributed by atoms with Crippen LogP contribution in [0.15, 0.2) is 0 Å². The van der Waals surface area contributed by atoms with E-state index in [4.69, 9.17) is 10.2 Å². The quantitative estimate of drug-likeness (QED) is 0.610. The predicted molar refractivity (Wildman–Crippen MR) is 71.2 cm³/mol. The fraction of sp³-hybridized carbons (Fsp3) is 0.846. The molecule has 19 heavy (non-hydrogen) atoms. The van der Waals surface area contributed by atoms with E-state index in [9.17, 15) is 9.59 Å². The number of hydrogen-bond acceptors (Lipinski definition) is 4. The minimum atomic E-state index is -0.801. The molecule has 2 N–H and O–H groups in total. The van der Waals surface area contributed by atoms with E-state index in [1.54, 1.807) is 0 Å². The van der Waals surface area contributed by atoms with Crippen molar-refractivity contribution < 1.29 is 19.8 Å². The molecule has 6 nitrogen and oxygen atoms in total. The van der Waals surface area contributed by atoms with Crippen LogP contribution < -0.4 is 0 Å². The zero-order valence-electron chi connectivity index (χ0n) is 11.4. The molecule has 110 valence electrons. The molecule has 0 saturated carbocycles. The molecule has 0 amide bonds. The Kier molecular flexibility index (Phi) is 7.43. The Hall–Kier alpha value is -1.14. The summed E-state index contributed by atoms with van der Waals surface area (Å²) in [6.45, 7) is 5.19. The van der Waals surface area contributed by atoms with Crippen molar-refractivity contribution in [2.45, 2.75) is 32.1 Å². The molecule has 0 radical (unpaired) electrons. The van der Waals surface area contributed by atoms with Gasteiger partial charge in [0, 0.05) is 26.1 Å². The van der Waals surface area contributed by atoms with E-state index in [0.717, 1.165) is 26.2 Å². The summed E-state index contributed by atoms with van der Waals surface area (Å²) < 4.78 is 0. The summed E-state index contributed by atoms with van der Waals surface area (Å²) in [6, 6.07) is 0. The summed E-state index contributed by atoms with van der Waals surface area (Å²) in [4.78, 5) is 25.6. The van der Waals surface area contributed by atoms with Gasteiger partial charge in [0.2, 0.25) is 0 Å². The van der Waals surface area contributed by atoms with Crippen LogP contribution in [0.25, 0.3) is 0 Å². The summed E-state index contributed by atoms with van der Waals surface area (Å²) in [5, 5.41) is 17.4. The highest BCUT2D eigenvalue weighted by molar-refractivity contribution is 5.67. The van der Waals surface area contributed by atoms with Gasteiger partial charge in [0.15, 0.2) is 0 Å². The molecule has 1 heterocycles. The van der Waals surface area contributed by atoms with E-state index in [0.29, 0.717) is 19.5 Å². The Bertz CT molecular complexity index is 290. The fourth-order valence-electron chi connectivity index (χ4n) is 2.33. The normalized spacial score (nSPS) is 16.1.